The molecule has 6 heteroatoms. The molecule has 2 amide bonds. The van der Waals surface area contributed by atoms with E-state index in [4.69, 9.17) is 5.73 Å². The second kappa shape index (κ2) is 8.64. The van der Waals surface area contributed by atoms with Gasteiger partial charge in [0.1, 0.15) is 0 Å². The molecule has 0 spiro atoms. The van der Waals surface area contributed by atoms with Crippen LogP contribution in [0.5, 0.6) is 0 Å². The molecule has 0 saturated carbocycles. The maximum Gasteiger partial charge on any atom is 0.223 e. The average molecular weight is 312 g/mol. The van der Waals surface area contributed by atoms with Crippen molar-refractivity contribution >= 4 is 24.2 Å². The number of halogens is 1. The minimum Gasteiger partial charge on any atom is -0.354 e. The molecule has 1 fully saturated rings. The highest BCUT2D eigenvalue weighted by Crippen LogP contribution is 2.26. The highest BCUT2D eigenvalue weighted by molar-refractivity contribution is 5.85. The quantitative estimate of drug-likeness (QED) is 0.878. The smallest absolute Gasteiger partial charge is 0.223 e. The summed E-state index contributed by atoms with van der Waals surface area (Å²) in [6, 6.07) is 9.55. The summed E-state index contributed by atoms with van der Waals surface area (Å²) in [5, 5.41) is 2.83. The van der Waals surface area contributed by atoms with Crippen LogP contribution >= 0.6 is 12.4 Å². The summed E-state index contributed by atoms with van der Waals surface area (Å²) < 4.78 is 0. The first-order valence-electron chi connectivity index (χ1n) is 7.03. The number of rotatable bonds is 4. The standard InChI is InChI=1S/C15H21N3O2.ClH/c16-8-4-7-15(20)18-10-9-17-14(19)11-13(18)12-5-2-1-3-6-12;/h1-3,5-6,13H,4,7-11,16H2,(H,17,19);1H. The van der Waals surface area contributed by atoms with Gasteiger partial charge in [0.25, 0.3) is 0 Å². The Balaban J connectivity index is 0.00000220. The lowest BCUT2D eigenvalue weighted by Crippen LogP contribution is -2.36. The van der Waals surface area contributed by atoms with Gasteiger partial charge in [-0.2, -0.15) is 0 Å². The van der Waals surface area contributed by atoms with E-state index in [0.717, 1.165) is 5.56 Å². The zero-order valence-corrected chi connectivity index (χ0v) is 12.8. The van der Waals surface area contributed by atoms with Gasteiger partial charge in [0.2, 0.25) is 11.8 Å². The Hall–Kier alpha value is -1.59. The lowest BCUT2D eigenvalue weighted by molar-refractivity contribution is -0.133. The number of hydrogen-bond acceptors (Lipinski definition) is 3. The lowest BCUT2D eigenvalue weighted by atomic mass is 10.0. The molecule has 1 aliphatic heterocycles. The van der Waals surface area contributed by atoms with E-state index in [1.165, 1.54) is 0 Å². The fraction of sp³-hybridized carbons (Fsp3) is 0.467. The summed E-state index contributed by atoms with van der Waals surface area (Å²) in [5.74, 6) is 0.0637. The van der Waals surface area contributed by atoms with Crippen LogP contribution in [0.1, 0.15) is 30.9 Å². The minimum atomic E-state index is -0.177. The van der Waals surface area contributed by atoms with Crippen LogP contribution in [0.4, 0.5) is 0 Å². The second-order valence-electron chi connectivity index (χ2n) is 4.96. The SMILES string of the molecule is Cl.NCCCC(=O)N1CCNC(=O)CC1c1ccccc1. The van der Waals surface area contributed by atoms with E-state index in [9.17, 15) is 9.59 Å². The van der Waals surface area contributed by atoms with Gasteiger partial charge >= 0.3 is 0 Å². The number of nitrogens with one attached hydrogen (secondary N) is 1. The first kappa shape index (κ1) is 17.5. The third kappa shape index (κ3) is 4.72. The van der Waals surface area contributed by atoms with Crippen LogP contribution in [0, 0.1) is 0 Å². The van der Waals surface area contributed by atoms with Gasteiger partial charge in [-0.1, -0.05) is 30.3 Å². The van der Waals surface area contributed by atoms with Crippen LogP contribution in [-0.2, 0) is 9.59 Å². The molecule has 1 saturated heterocycles. The van der Waals surface area contributed by atoms with E-state index < -0.39 is 0 Å². The predicted octanol–water partition coefficient (Wildman–Crippen LogP) is 1.24. The van der Waals surface area contributed by atoms with Crippen molar-refractivity contribution in [1.29, 1.82) is 0 Å². The average Bonchev–Trinajstić information content (AvgIpc) is 2.67. The van der Waals surface area contributed by atoms with Crippen molar-refractivity contribution in [1.82, 2.24) is 10.2 Å². The molecule has 5 nitrogen and oxygen atoms in total. The van der Waals surface area contributed by atoms with E-state index in [1.807, 2.05) is 35.2 Å². The van der Waals surface area contributed by atoms with E-state index in [2.05, 4.69) is 5.32 Å². The molecule has 1 aromatic rings. The fourth-order valence-corrected chi connectivity index (χ4v) is 2.50. The Morgan fingerprint density at radius 3 is 2.71 bits per heavy atom. The molecule has 1 unspecified atom stereocenters. The molecule has 1 aromatic carbocycles. The van der Waals surface area contributed by atoms with Gasteiger partial charge in [-0.3, -0.25) is 9.59 Å². The normalized spacial score (nSPS) is 18.4. The molecule has 116 valence electrons. The zero-order valence-electron chi connectivity index (χ0n) is 12.0. The zero-order chi connectivity index (χ0) is 14.4. The van der Waals surface area contributed by atoms with Crippen molar-refractivity contribution in [2.24, 2.45) is 5.73 Å². The third-order valence-electron chi connectivity index (χ3n) is 3.53. The van der Waals surface area contributed by atoms with Crippen molar-refractivity contribution < 1.29 is 9.59 Å². The maximum atomic E-state index is 12.3. The monoisotopic (exact) mass is 311 g/mol. The Labute approximate surface area is 131 Å². The van der Waals surface area contributed by atoms with Crippen molar-refractivity contribution in [2.45, 2.75) is 25.3 Å². The van der Waals surface area contributed by atoms with Crippen LogP contribution in [0.15, 0.2) is 30.3 Å². The molecule has 1 aliphatic rings. The summed E-state index contributed by atoms with van der Waals surface area (Å²) in [5.41, 5.74) is 6.47. The van der Waals surface area contributed by atoms with Gasteiger partial charge in [-0.15, -0.1) is 12.4 Å². The van der Waals surface area contributed by atoms with Crippen molar-refractivity contribution in [3.8, 4) is 0 Å². The van der Waals surface area contributed by atoms with Crippen molar-refractivity contribution in [2.75, 3.05) is 19.6 Å². The summed E-state index contributed by atoms with van der Waals surface area (Å²) >= 11 is 0. The largest absolute Gasteiger partial charge is 0.354 e. The number of hydrogen-bond donors (Lipinski definition) is 2. The van der Waals surface area contributed by atoms with Crippen LogP contribution in [0.25, 0.3) is 0 Å². The van der Waals surface area contributed by atoms with Crippen LogP contribution in [0.2, 0.25) is 0 Å². The highest BCUT2D eigenvalue weighted by atomic mass is 35.5. The van der Waals surface area contributed by atoms with Crippen LogP contribution in [-0.4, -0.2) is 36.3 Å². The number of carbonyl (C=O) groups is 2. The number of nitrogens with two attached hydrogens (primary N) is 1. The molecule has 1 heterocycles. The van der Waals surface area contributed by atoms with Gasteiger partial charge in [0.15, 0.2) is 0 Å². The molecule has 3 N–H and O–H groups in total. The Bertz CT molecular complexity index is 467. The molecule has 0 aromatic heterocycles. The number of nitrogens with zero attached hydrogens (tertiary/aromatic N) is 1. The Kier molecular flexibility index (Phi) is 7.19. The van der Waals surface area contributed by atoms with Gasteiger partial charge in [0, 0.05) is 19.5 Å². The van der Waals surface area contributed by atoms with E-state index in [1.54, 1.807) is 0 Å². The molecule has 0 radical (unpaired) electrons. The third-order valence-corrected chi connectivity index (χ3v) is 3.53. The van der Waals surface area contributed by atoms with Gasteiger partial charge in [-0.05, 0) is 18.5 Å². The topological polar surface area (TPSA) is 75.4 Å². The van der Waals surface area contributed by atoms with Crippen LogP contribution in [0.3, 0.4) is 0 Å². The molecular formula is C15H22ClN3O2. The number of benzene rings is 1. The van der Waals surface area contributed by atoms with E-state index in [0.29, 0.717) is 38.9 Å². The molecule has 0 aliphatic carbocycles. The Morgan fingerprint density at radius 2 is 2.05 bits per heavy atom. The van der Waals surface area contributed by atoms with Crippen molar-refractivity contribution in [3.63, 3.8) is 0 Å². The first-order chi connectivity index (χ1) is 9.72. The first-order valence-corrected chi connectivity index (χ1v) is 7.03. The summed E-state index contributed by atoms with van der Waals surface area (Å²) in [6.07, 6.45) is 1.44. The Morgan fingerprint density at radius 1 is 1.33 bits per heavy atom. The van der Waals surface area contributed by atoms with E-state index in [-0.39, 0.29) is 30.3 Å². The molecule has 0 bridgehead atoms. The number of carbonyl (C=O) groups excluding carboxylic acids is 2. The number of amides is 2. The summed E-state index contributed by atoms with van der Waals surface area (Å²) in [7, 11) is 0. The summed E-state index contributed by atoms with van der Waals surface area (Å²) in [4.78, 5) is 25.9. The highest BCUT2D eigenvalue weighted by Gasteiger charge is 2.29. The molecule has 1 atom stereocenters. The fourth-order valence-electron chi connectivity index (χ4n) is 2.50. The summed E-state index contributed by atoms with van der Waals surface area (Å²) in [6.45, 7) is 1.57. The van der Waals surface area contributed by atoms with Crippen molar-refractivity contribution in [3.05, 3.63) is 35.9 Å². The lowest BCUT2D eigenvalue weighted by Gasteiger charge is -2.29. The molecular weight excluding hydrogens is 290 g/mol. The van der Waals surface area contributed by atoms with E-state index >= 15 is 0 Å². The minimum absolute atomic E-state index is 0. The molecule has 2 rings (SSSR count). The maximum absolute atomic E-state index is 12.3. The van der Waals surface area contributed by atoms with Gasteiger partial charge in [-0.25, -0.2) is 0 Å². The van der Waals surface area contributed by atoms with Crippen LogP contribution < -0.4 is 11.1 Å². The molecule has 21 heavy (non-hydrogen) atoms. The van der Waals surface area contributed by atoms with Gasteiger partial charge in [0.05, 0.1) is 12.5 Å². The predicted molar refractivity (Wildman–Crippen MR) is 84.1 cm³/mol. The van der Waals surface area contributed by atoms with Gasteiger partial charge < -0.3 is 16.0 Å². The second-order valence-corrected chi connectivity index (χ2v) is 4.96.